The Hall–Kier alpha value is -1.27. The fourth-order valence-corrected chi connectivity index (χ4v) is 1.73. The van der Waals surface area contributed by atoms with Gasteiger partial charge < -0.3 is 10.3 Å². The first-order valence-electron chi connectivity index (χ1n) is 5.16. The van der Waals surface area contributed by atoms with Crippen LogP contribution in [0.5, 0.6) is 0 Å². The third-order valence-corrected chi connectivity index (χ3v) is 2.47. The molecule has 0 aliphatic heterocycles. The summed E-state index contributed by atoms with van der Waals surface area (Å²) in [5, 5.41) is 3.91. The lowest BCUT2D eigenvalue weighted by atomic mass is 10.0. The highest BCUT2D eigenvalue weighted by atomic mass is 79.9. The van der Waals surface area contributed by atoms with Crippen LogP contribution in [-0.4, -0.2) is 20.7 Å². The Balaban J connectivity index is 2.24. The number of nitrogens with zero attached hydrogens (tertiary/aromatic N) is 3. The predicted molar refractivity (Wildman–Crippen MR) is 67.2 cm³/mol. The maximum absolute atomic E-state index is 5.89. The number of aromatic nitrogens is 3. The number of hydrogen-bond acceptors (Lipinski definition) is 5. The van der Waals surface area contributed by atoms with Gasteiger partial charge in [0.25, 0.3) is 0 Å². The van der Waals surface area contributed by atoms with Crippen LogP contribution in [0.4, 0.5) is 0 Å². The molecule has 5 nitrogen and oxygen atoms in total. The van der Waals surface area contributed by atoms with E-state index in [1.807, 2.05) is 19.9 Å². The van der Waals surface area contributed by atoms with E-state index < -0.39 is 0 Å². The van der Waals surface area contributed by atoms with Crippen LogP contribution in [0.15, 0.2) is 27.5 Å². The van der Waals surface area contributed by atoms with Crippen molar-refractivity contribution in [1.29, 1.82) is 0 Å². The molecule has 0 radical (unpaired) electrons. The molecule has 2 aromatic rings. The van der Waals surface area contributed by atoms with Crippen molar-refractivity contribution in [3.05, 3.63) is 28.8 Å². The van der Waals surface area contributed by atoms with Crippen molar-refractivity contribution in [2.75, 3.05) is 0 Å². The van der Waals surface area contributed by atoms with Gasteiger partial charge in [-0.2, -0.15) is 4.98 Å². The highest BCUT2D eigenvalue weighted by Crippen LogP contribution is 2.19. The summed E-state index contributed by atoms with van der Waals surface area (Å²) in [5.74, 6) is 1.06. The standard InChI is InChI=1S/C11H13BrN4O/c1-11(2,13)4-9-15-10(16-17-9)7-3-8(12)6-14-5-7/h3,5-6H,4,13H2,1-2H3. The second-order valence-electron chi connectivity index (χ2n) is 4.57. The van der Waals surface area contributed by atoms with Gasteiger partial charge in [0, 0.05) is 34.4 Å². The first kappa shape index (κ1) is 12.2. The second-order valence-corrected chi connectivity index (χ2v) is 5.48. The van der Waals surface area contributed by atoms with Gasteiger partial charge in [-0.1, -0.05) is 5.16 Å². The van der Waals surface area contributed by atoms with Crippen LogP contribution in [0.1, 0.15) is 19.7 Å². The fraction of sp³-hybridized carbons (Fsp3) is 0.364. The Kier molecular flexibility index (Phi) is 3.26. The maximum Gasteiger partial charge on any atom is 0.228 e. The van der Waals surface area contributed by atoms with Crippen LogP contribution >= 0.6 is 15.9 Å². The first-order chi connectivity index (χ1) is 7.94. The molecule has 0 aromatic carbocycles. The second kappa shape index (κ2) is 4.54. The van der Waals surface area contributed by atoms with E-state index in [4.69, 9.17) is 10.3 Å². The van der Waals surface area contributed by atoms with Crippen molar-refractivity contribution in [2.24, 2.45) is 5.73 Å². The minimum Gasteiger partial charge on any atom is -0.339 e. The SMILES string of the molecule is CC(C)(N)Cc1nc(-c2cncc(Br)c2)no1. The maximum atomic E-state index is 5.89. The summed E-state index contributed by atoms with van der Waals surface area (Å²) in [5.41, 5.74) is 6.34. The molecule has 90 valence electrons. The zero-order valence-electron chi connectivity index (χ0n) is 9.64. The average Bonchev–Trinajstić information content (AvgIpc) is 2.63. The molecule has 17 heavy (non-hydrogen) atoms. The zero-order valence-corrected chi connectivity index (χ0v) is 11.2. The van der Waals surface area contributed by atoms with Gasteiger partial charge in [0.2, 0.25) is 11.7 Å². The van der Waals surface area contributed by atoms with E-state index in [-0.39, 0.29) is 5.54 Å². The summed E-state index contributed by atoms with van der Waals surface area (Å²) < 4.78 is 6.03. The van der Waals surface area contributed by atoms with E-state index in [0.29, 0.717) is 18.1 Å². The Morgan fingerprint density at radius 1 is 1.41 bits per heavy atom. The third kappa shape index (κ3) is 3.34. The van der Waals surface area contributed by atoms with Crippen LogP contribution < -0.4 is 5.73 Å². The number of hydrogen-bond donors (Lipinski definition) is 1. The van der Waals surface area contributed by atoms with Crippen LogP contribution in [0, 0.1) is 0 Å². The van der Waals surface area contributed by atoms with Crippen LogP contribution in [0.25, 0.3) is 11.4 Å². The highest BCUT2D eigenvalue weighted by Gasteiger charge is 2.17. The van der Waals surface area contributed by atoms with E-state index in [1.165, 1.54) is 0 Å². The molecule has 0 saturated heterocycles. The largest absolute Gasteiger partial charge is 0.339 e. The van der Waals surface area contributed by atoms with Gasteiger partial charge in [0.1, 0.15) is 0 Å². The van der Waals surface area contributed by atoms with Gasteiger partial charge in [0.15, 0.2) is 0 Å². The monoisotopic (exact) mass is 296 g/mol. The Labute approximate surface area is 108 Å². The summed E-state index contributed by atoms with van der Waals surface area (Å²) in [7, 11) is 0. The van der Waals surface area contributed by atoms with Crippen molar-refractivity contribution in [3.8, 4) is 11.4 Å². The molecular formula is C11H13BrN4O. The fourth-order valence-electron chi connectivity index (χ4n) is 1.37. The van der Waals surface area contributed by atoms with E-state index >= 15 is 0 Å². The first-order valence-corrected chi connectivity index (χ1v) is 5.96. The van der Waals surface area contributed by atoms with E-state index in [2.05, 4.69) is 31.1 Å². The molecule has 0 bridgehead atoms. The molecule has 0 amide bonds. The number of pyridine rings is 1. The third-order valence-electron chi connectivity index (χ3n) is 2.04. The molecule has 0 atom stereocenters. The molecule has 0 unspecified atom stereocenters. The van der Waals surface area contributed by atoms with E-state index in [9.17, 15) is 0 Å². The molecule has 0 aliphatic carbocycles. The zero-order chi connectivity index (χ0) is 12.5. The lowest BCUT2D eigenvalue weighted by Crippen LogP contribution is -2.34. The number of rotatable bonds is 3. The van der Waals surface area contributed by atoms with Crippen molar-refractivity contribution in [3.63, 3.8) is 0 Å². The Bertz CT molecular complexity index is 518. The Morgan fingerprint density at radius 3 is 2.82 bits per heavy atom. The number of nitrogens with two attached hydrogens (primary N) is 1. The summed E-state index contributed by atoms with van der Waals surface area (Å²) in [6.07, 6.45) is 3.93. The minimum absolute atomic E-state index is 0.362. The molecule has 0 fully saturated rings. The quantitative estimate of drug-likeness (QED) is 0.939. The molecule has 2 rings (SSSR count). The predicted octanol–water partition coefficient (Wildman–Crippen LogP) is 2.17. The van der Waals surface area contributed by atoms with Gasteiger partial charge >= 0.3 is 0 Å². The van der Waals surface area contributed by atoms with Gasteiger partial charge in [-0.3, -0.25) is 4.98 Å². The average molecular weight is 297 g/mol. The molecule has 0 spiro atoms. The van der Waals surface area contributed by atoms with Crippen molar-refractivity contribution < 1.29 is 4.52 Å². The molecule has 0 saturated carbocycles. The summed E-state index contributed by atoms with van der Waals surface area (Å²) in [4.78, 5) is 8.34. The molecule has 6 heteroatoms. The van der Waals surface area contributed by atoms with E-state index in [1.54, 1.807) is 12.4 Å². The summed E-state index contributed by atoms with van der Waals surface area (Å²) in [6.45, 7) is 3.83. The summed E-state index contributed by atoms with van der Waals surface area (Å²) >= 11 is 3.35. The highest BCUT2D eigenvalue weighted by molar-refractivity contribution is 9.10. The van der Waals surface area contributed by atoms with Gasteiger partial charge in [-0.15, -0.1) is 0 Å². The molecule has 2 heterocycles. The van der Waals surface area contributed by atoms with E-state index in [0.717, 1.165) is 10.0 Å². The van der Waals surface area contributed by atoms with Crippen molar-refractivity contribution >= 4 is 15.9 Å². The van der Waals surface area contributed by atoms with Crippen molar-refractivity contribution in [1.82, 2.24) is 15.1 Å². The molecule has 0 aliphatic rings. The van der Waals surface area contributed by atoms with Crippen LogP contribution in [0.2, 0.25) is 0 Å². The Morgan fingerprint density at radius 2 is 2.18 bits per heavy atom. The van der Waals surface area contributed by atoms with Crippen LogP contribution in [-0.2, 0) is 6.42 Å². The normalized spacial score (nSPS) is 11.8. The van der Waals surface area contributed by atoms with Gasteiger partial charge in [-0.05, 0) is 35.8 Å². The lowest BCUT2D eigenvalue weighted by molar-refractivity contribution is 0.348. The topological polar surface area (TPSA) is 77.8 Å². The van der Waals surface area contributed by atoms with Gasteiger partial charge in [0.05, 0.1) is 0 Å². The van der Waals surface area contributed by atoms with Crippen LogP contribution in [0.3, 0.4) is 0 Å². The summed E-state index contributed by atoms with van der Waals surface area (Å²) in [6, 6.07) is 1.88. The lowest BCUT2D eigenvalue weighted by Gasteiger charge is -2.14. The molecule has 2 N–H and O–H groups in total. The van der Waals surface area contributed by atoms with Gasteiger partial charge in [-0.25, -0.2) is 0 Å². The number of halogens is 1. The van der Waals surface area contributed by atoms with Crippen molar-refractivity contribution in [2.45, 2.75) is 25.8 Å². The smallest absolute Gasteiger partial charge is 0.228 e. The minimum atomic E-state index is -0.362. The molecule has 2 aromatic heterocycles. The molecular weight excluding hydrogens is 284 g/mol.